The Bertz CT molecular complexity index is 688. The molecule has 1 N–H and O–H groups in total. The number of aryl methyl sites for hydroxylation is 1. The minimum Gasteiger partial charge on any atom is -0.495 e. The third-order valence-corrected chi connectivity index (χ3v) is 4.05. The molecule has 0 bridgehead atoms. The predicted octanol–water partition coefficient (Wildman–Crippen LogP) is 3.84. The van der Waals surface area contributed by atoms with Gasteiger partial charge in [-0.15, -0.1) is 0 Å². The van der Waals surface area contributed by atoms with E-state index in [0.29, 0.717) is 5.75 Å². The van der Waals surface area contributed by atoms with E-state index in [1.54, 1.807) is 13.3 Å². The minimum absolute atomic E-state index is 0.0316. The number of nitrogens with zero attached hydrogens (tertiary/aromatic N) is 1. The molecule has 1 unspecified atom stereocenters. The molecule has 1 aromatic heterocycles. The largest absolute Gasteiger partial charge is 0.495 e. The molecule has 1 atom stereocenters. The number of hydrogen-bond acceptors (Lipinski definition) is 3. The Morgan fingerprint density at radius 1 is 1.21 bits per heavy atom. The summed E-state index contributed by atoms with van der Waals surface area (Å²) in [4.78, 5) is 16.8. The molecule has 0 saturated heterocycles. The van der Waals surface area contributed by atoms with Gasteiger partial charge in [-0.3, -0.25) is 9.78 Å². The molecule has 2 aromatic rings. The number of aromatic nitrogens is 1. The number of hydrogen-bond donors (Lipinski definition) is 1. The van der Waals surface area contributed by atoms with Crippen molar-refractivity contribution in [2.45, 2.75) is 40.2 Å². The van der Waals surface area contributed by atoms with Crippen LogP contribution in [-0.4, -0.2) is 18.0 Å². The molecule has 0 fully saturated rings. The summed E-state index contributed by atoms with van der Waals surface area (Å²) in [5, 5.41) is 3.18. The first-order valence-electron chi connectivity index (χ1n) is 8.15. The molecule has 0 aliphatic rings. The first kappa shape index (κ1) is 18.0. The first-order chi connectivity index (χ1) is 11.3. The molecule has 2 rings (SSSR count). The van der Waals surface area contributed by atoms with Gasteiger partial charge < -0.3 is 10.1 Å². The molecule has 0 radical (unpaired) electrons. The van der Waals surface area contributed by atoms with Crippen LogP contribution in [0.15, 0.2) is 42.6 Å². The molecule has 1 heterocycles. The van der Waals surface area contributed by atoms with E-state index in [9.17, 15) is 4.79 Å². The molecule has 1 aromatic carbocycles. The third kappa shape index (κ3) is 4.57. The Hall–Kier alpha value is -2.36. The van der Waals surface area contributed by atoms with E-state index >= 15 is 0 Å². The first-order valence-corrected chi connectivity index (χ1v) is 8.15. The van der Waals surface area contributed by atoms with Crippen LogP contribution in [0.4, 0.5) is 0 Å². The summed E-state index contributed by atoms with van der Waals surface area (Å²) < 4.78 is 5.09. The van der Waals surface area contributed by atoms with Gasteiger partial charge >= 0.3 is 0 Å². The van der Waals surface area contributed by atoms with Crippen LogP contribution in [0.1, 0.15) is 43.6 Å². The average molecular weight is 326 g/mol. The van der Waals surface area contributed by atoms with E-state index in [2.05, 4.69) is 50.1 Å². The molecule has 4 heteroatoms. The van der Waals surface area contributed by atoms with Gasteiger partial charge in [0, 0.05) is 5.69 Å². The van der Waals surface area contributed by atoms with Crippen molar-refractivity contribution in [2.24, 2.45) is 5.41 Å². The van der Waals surface area contributed by atoms with E-state index in [-0.39, 0.29) is 23.8 Å². The zero-order chi connectivity index (χ0) is 17.7. The highest BCUT2D eigenvalue weighted by Crippen LogP contribution is 2.34. The van der Waals surface area contributed by atoms with E-state index in [4.69, 9.17) is 4.74 Å². The van der Waals surface area contributed by atoms with Crippen LogP contribution in [0.2, 0.25) is 0 Å². The van der Waals surface area contributed by atoms with E-state index in [1.807, 2.05) is 24.3 Å². The van der Waals surface area contributed by atoms with Crippen LogP contribution in [0.25, 0.3) is 0 Å². The lowest BCUT2D eigenvalue weighted by molar-refractivity contribution is -0.122. The van der Waals surface area contributed by atoms with Gasteiger partial charge in [0.1, 0.15) is 5.75 Å². The fraction of sp³-hybridized carbons (Fsp3) is 0.400. The van der Waals surface area contributed by atoms with E-state index < -0.39 is 0 Å². The summed E-state index contributed by atoms with van der Waals surface area (Å²) in [6.07, 6.45) is 1.88. The van der Waals surface area contributed by atoms with Gasteiger partial charge in [0.2, 0.25) is 5.91 Å². The van der Waals surface area contributed by atoms with Gasteiger partial charge in [0.15, 0.2) is 0 Å². The molecule has 4 nitrogen and oxygen atoms in total. The maximum Gasteiger partial charge on any atom is 0.226 e. The Kier molecular flexibility index (Phi) is 5.60. The predicted molar refractivity (Wildman–Crippen MR) is 96.0 cm³/mol. The molecule has 0 saturated carbocycles. The molecule has 0 aliphatic heterocycles. The molecular weight excluding hydrogens is 300 g/mol. The summed E-state index contributed by atoms with van der Waals surface area (Å²) in [6.45, 7) is 8.48. The van der Waals surface area contributed by atoms with Crippen LogP contribution in [0, 0.1) is 12.3 Å². The monoisotopic (exact) mass is 326 g/mol. The molecule has 128 valence electrons. The topological polar surface area (TPSA) is 51.2 Å². The van der Waals surface area contributed by atoms with Gasteiger partial charge in [-0.1, -0.05) is 45.0 Å². The second kappa shape index (κ2) is 7.47. The smallest absolute Gasteiger partial charge is 0.226 e. The number of pyridine rings is 1. The molecular formula is C20H26N2O2. The number of methoxy groups -OCH3 is 1. The van der Waals surface area contributed by atoms with Crippen LogP contribution in [0.3, 0.4) is 0 Å². The number of ether oxygens (including phenoxy) is 1. The zero-order valence-corrected chi connectivity index (χ0v) is 15.1. The van der Waals surface area contributed by atoms with Crippen LogP contribution in [0.5, 0.6) is 5.75 Å². The van der Waals surface area contributed by atoms with Gasteiger partial charge in [0.05, 0.1) is 25.8 Å². The molecule has 1 amide bonds. The highest BCUT2D eigenvalue weighted by atomic mass is 16.5. The number of carbonyl (C=O) groups is 1. The average Bonchev–Trinajstić information content (AvgIpc) is 2.53. The van der Waals surface area contributed by atoms with E-state index in [1.165, 1.54) is 5.56 Å². The van der Waals surface area contributed by atoms with Crippen LogP contribution < -0.4 is 10.1 Å². The number of rotatable bonds is 5. The van der Waals surface area contributed by atoms with Gasteiger partial charge in [0.25, 0.3) is 0 Å². The van der Waals surface area contributed by atoms with Crippen LogP contribution in [-0.2, 0) is 11.2 Å². The molecule has 0 aliphatic carbocycles. The highest BCUT2D eigenvalue weighted by Gasteiger charge is 2.28. The second-order valence-electron chi connectivity index (χ2n) is 7.09. The normalized spacial score (nSPS) is 12.5. The summed E-state index contributed by atoms with van der Waals surface area (Å²) in [5.74, 6) is 0.655. The SMILES string of the molecule is COc1ccc(CC(=O)NC(c2ccccc2C)C(C)(C)C)nc1. The lowest BCUT2D eigenvalue weighted by Gasteiger charge is -2.33. The standard InChI is InChI=1S/C20H26N2O2/c1-14-8-6-7-9-17(14)19(20(2,3)4)22-18(23)12-15-10-11-16(24-5)13-21-15/h6-11,13,19H,12H2,1-5H3,(H,22,23). The molecule has 24 heavy (non-hydrogen) atoms. The Balaban J connectivity index is 2.14. The van der Waals surface area contributed by atoms with Crippen molar-refractivity contribution < 1.29 is 9.53 Å². The number of benzene rings is 1. The van der Waals surface area contributed by atoms with Gasteiger partial charge in [-0.25, -0.2) is 0 Å². The van der Waals surface area contributed by atoms with Crippen molar-refractivity contribution >= 4 is 5.91 Å². The highest BCUT2D eigenvalue weighted by molar-refractivity contribution is 5.78. The Morgan fingerprint density at radius 2 is 1.92 bits per heavy atom. The summed E-state index contributed by atoms with van der Waals surface area (Å²) >= 11 is 0. The van der Waals surface area contributed by atoms with E-state index in [0.717, 1.165) is 11.3 Å². The lowest BCUT2D eigenvalue weighted by atomic mass is 9.80. The maximum atomic E-state index is 12.5. The van der Waals surface area contributed by atoms with Crippen molar-refractivity contribution in [1.29, 1.82) is 0 Å². The summed E-state index contributed by atoms with van der Waals surface area (Å²) in [7, 11) is 1.60. The molecule has 0 spiro atoms. The van der Waals surface area contributed by atoms with Crippen molar-refractivity contribution in [3.8, 4) is 5.75 Å². The lowest BCUT2D eigenvalue weighted by Crippen LogP contribution is -2.38. The summed E-state index contributed by atoms with van der Waals surface area (Å²) in [6, 6.07) is 11.8. The van der Waals surface area contributed by atoms with Crippen molar-refractivity contribution in [2.75, 3.05) is 7.11 Å². The van der Waals surface area contributed by atoms with Crippen molar-refractivity contribution in [3.05, 3.63) is 59.4 Å². The number of carbonyl (C=O) groups excluding carboxylic acids is 1. The maximum absolute atomic E-state index is 12.5. The van der Waals surface area contributed by atoms with Crippen LogP contribution >= 0.6 is 0 Å². The second-order valence-corrected chi connectivity index (χ2v) is 7.09. The zero-order valence-electron chi connectivity index (χ0n) is 15.1. The van der Waals surface area contributed by atoms with Gasteiger partial charge in [-0.05, 0) is 35.6 Å². The third-order valence-electron chi connectivity index (χ3n) is 4.05. The number of nitrogens with one attached hydrogen (secondary N) is 1. The summed E-state index contributed by atoms with van der Waals surface area (Å²) in [5.41, 5.74) is 2.97. The Labute approximate surface area is 144 Å². The van der Waals surface area contributed by atoms with Gasteiger partial charge in [-0.2, -0.15) is 0 Å². The fourth-order valence-corrected chi connectivity index (χ4v) is 2.68. The number of amides is 1. The quantitative estimate of drug-likeness (QED) is 0.908. The minimum atomic E-state index is -0.0882. The fourth-order valence-electron chi connectivity index (χ4n) is 2.68. The Morgan fingerprint density at radius 3 is 2.46 bits per heavy atom. The van der Waals surface area contributed by atoms with Crippen molar-refractivity contribution in [1.82, 2.24) is 10.3 Å². The van der Waals surface area contributed by atoms with Crippen molar-refractivity contribution in [3.63, 3.8) is 0 Å².